The summed E-state index contributed by atoms with van der Waals surface area (Å²) >= 11 is 0. The lowest BCUT2D eigenvalue weighted by molar-refractivity contribution is -0.137. The van der Waals surface area contributed by atoms with Gasteiger partial charge >= 0.3 is 5.97 Å². The van der Waals surface area contributed by atoms with Crippen molar-refractivity contribution in [2.75, 3.05) is 6.61 Å². The molecule has 2 rings (SSSR count). The third-order valence-corrected chi connectivity index (χ3v) is 4.75. The summed E-state index contributed by atoms with van der Waals surface area (Å²) in [5, 5.41) is 8.49. The summed E-state index contributed by atoms with van der Waals surface area (Å²) in [6, 6.07) is 5.94. The maximum Gasteiger partial charge on any atom is 0.306 e. The van der Waals surface area contributed by atoms with Crippen LogP contribution in [0, 0.1) is 0 Å². The van der Waals surface area contributed by atoms with E-state index in [0.717, 1.165) is 12.8 Å². The SMILES string of the molecule is CC1(NS(=O)(=O)c2ccc(OCCC(=O)O)cc2)CC1. The van der Waals surface area contributed by atoms with E-state index in [2.05, 4.69) is 4.72 Å². The second-order valence-electron chi connectivity index (χ2n) is 5.13. The van der Waals surface area contributed by atoms with Crippen LogP contribution in [0.1, 0.15) is 26.2 Å². The van der Waals surface area contributed by atoms with Crippen molar-refractivity contribution < 1.29 is 23.1 Å². The zero-order chi connectivity index (χ0) is 14.8. The number of ether oxygens (including phenoxy) is 1. The normalized spacial score (nSPS) is 16.6. The van der Waals surface area contributed by atoms with Gasteiger partial charge in [0.1, 0.15) is 5.75 Å². The highest BCUT2D eigenvalue weighted by Gasteiger charge is 2.41. The summed E-state index contributed by atoms with van der Waals surface area (Å²) in [5.74, 6) is -0.492. The fourth-order valence-corrected chi connectivity index (χ4v) is 3.11. The highest BCUT2D eigenvalue weighted by molar-refractivity contribution is 7.89. The van der Waals surface area contributed by atoms with Crippen molar-refractivity contribution in [3.63, 3.8) is 0 Å². The molecular weight excluding hydrogens is 282 g/mol. The first-order valence-electron chi connectivity index (χ1n) is 6.29. The molecule has 0 amide bonds. The molecule has 110 valence electrons. The van der Waals surface area contributed by atoms with Gasteiger partial charge in [0.15, 0.2) is 0 Å². The minimum Gasteiger partial charge on any atom is -0.493 e. The topological polar surface area (TPSA) is 92.7 Å². The quantitative estimate of drug-likeness (QED) is 0.793. The van der Waals surface area contributed by atoms with Crippen LogP contribution in [0.4, 0.5) is 0 Å². The number of carbonyl (C=O) groups is 1. The van der Waals surface area contributed by atoms with Crippen molar-refractivity contribution in [3.8, 4) is 5.75 Å². The van der Waals surface area contributed by atoms with Crippen molar-refractivity contribution in [1.82, 2.24) is 4.72 Å². The standard InChI is InChI=1S/C13H17NO5S/c1-13(7-8-13)14-20(17,18)11-4-2-10(3-5-11)19-9-6-12(15)16/h2-5,14H,6-9H2,1H3,(H,15,16). The summed E-state index contributed by atoms with van der Waals surface area (Å²) in [6.07, 6.45) is 1.60. The number of hydrogen-bond acceptors (Lipinski definition) is 4. The molecule has 1 saturated carbocycles. The van der Waals surface area contributed by atoms with E-state index in [1.807, 2.05) is 6.92 Å². The van der Waals surface area contributed by atoms with E-state index in [9.17, 15) is 13.2 Å². The maximum atomic E-state index is 12.1. The molecule has 0 radical (unpaired) electrons. The summed E-state index contributed by atoms with van der Waals surface area (Å²) in [6.45, 7) is 1.92. The number of benzene rings is 1. The van der Waals surface area contributed by atoms with E-state index in [0.29, 0.717) is 5.75 Å². The minimum absolute atomic E-state index is 0.0533. The summed E-state index contributed by atoms with van der Waals surface area (Å²) in [4.78, 5) is 10.5. The first-order valence-corrected chi connectivity index (χ1v) is 7.78. The third kappa shape index (κ3) is 3.94. The Labute approximate surface area is 117 Å². The predicted molar refractivity (Wildman–Crippen MR) is 72.2 cm³/mol. The van der Waals surface area contributed by atoms with Crippen LogP contribution in [0.2, 0.25) is 0 Å². The fourth-order valence-electron chi connectivity index (χ4n) is 1.64. The highest BCUT2D eigenvalue weighted by Crippen LogP contribution is 2.36. The van der Waals surface area contributed by atoms with E-state index >= 15 is 0 Å². The second kappa shape index (κ2) is 5.41. The molecule has 0 aliphatic heterocycles. The van der Waals surface area contributed by atoms with Crippen LogP contribution in [0.15, 0.2) is 29.2 Å². The van der Waals surface area contributed by atoms with Crippen LogP contribution < -0.4 is 9.46 Å². The molecule has 1 aliphatic carbocycles. The molecule has 1 aromatic rings. The zero-order valence-electron chi connectivity index (χ0n) is 11.1. The monoisotopic (exact) mass is 299 g/mol. The average molecular weight is 299 g/mol. The van der Waals surface area contributed by atoms with Gasteiger partial charge in [-0.15, -0.1) is 0 Å². The molecule has 0 saturated heterocycles. The molecule has 0 spiro atoms. The Hall–Kier alpha value is -1.60. The molecule has 1 aliphatic rings. The van der Waals surface area contributed by atoms with Gasteiger partial charge in [-0.2, -0.15) is 0 Å². The van der Waals surface area contributed by atoms with Crippen LogP contribution in [-0.4, -0.2) is 31.6 Å². The smallest absolute Gasteiger partial charge is 0.306 e. The predicted octanol–water partition coefficient (Wildman–Crippen LogP) is 1.37. The Morgan fingerprint density at radius 3 is 2.45 bits per heavy atom. The first kappa shape index (κ1) is 14.8. The van der Waals surface area contributed by atoms with Crippen molar-refractivity contribution in [1.29, 1.82) is 0 Å². The van der Waals surface area contributed by atoms with Crippen LogP contribution in [0.5, 0.6) is 5.75 Å². The maximum absolute atomic E-state index is 12.1. The highest BCUT2D eigenvalue weighted by atomic mass is 32.2. The van der Waals surface area contributed by atoms with E-state index in [1.165, 1.54) is 24.3 Å². The van der Waals surface area contributed by atoms with Crippen LogP contribution in [-0.2, 0) is 14.8 Å². The van der Waals surface area contributed by atoms with Crippen molar-refractivity contribution in [2.45, 2.75) is 36.6 Å². The molecule has 2 N–H and O–H groups in total. The number of rotatable bonds is 7. The number of aliphatic carboxylic acids is 1. The minimum atomic E-state index is -3.51. The van der Waals surface area contributed by atoms with E-state index in [-0.39, 0.29) is 23.5 Å². The average Bonchev–Trinajstić information content (AvgIpc) is 3.06. The van der Waals surface area contributed by atoms with E-state index in [1.54, 1.807) is 0 Å². The van der Waals surface area contributed by atoms with Gasteiger partial charge in [-0.25, -0.2) is 13.1 Å². The van der Waals surface area contributed by atoms with E-state index in [4.69, 9.17) is 9.84 Å². The lowest BCUT2D eigenvalue weighted by Gasteiger charge is -2.12. The van der Waals surface area contributed by atoms with Gasteiger partial charge in [0, 0.05) is 5.54 Å². The molecule has 1 fully saturated rings. The van der Waals surface area contributed by atoms with Gasteiger partial charge in [0.25, 0.3) is 0 Å². The van der Waals surface area contributed by atoms with Crippen LogP contribution in [0.25, 0.3) is 0 Å². The largest absolute Gasteiger partial charge is 0.493 e. The van der Waals surface area contributed by atoms with Gasteiger partial charge in [0.05, 0.1) is 17.9 Å². The lowest BCUT2D eigenvalue weighted by Crippen LogP contribution is -2.34. The molecule has 1 aromatic carbocycles. The van der Waals surface area contributed by atoms with Gasteiger partial charge in [-0.05, 0) is 44.0 Å². The van der Waals surface area contributed by atoms with Crippen molar-refractivity contribution in [3.05, 3.63) is 24.3 Å². The Morgan fingerprint density at radius 1 is 1.35 bits per heavy atom. The Kier molecular flexibility index (Phi) is 4.01. The van der Waals surface area contributed by atoms with Crippen molar-refractivity contribution in [2.24, 2.45) is 0 Å². The number of carboxylic acid groups (broad SMARTS) is 1. The number of nitrogens with one attached hydrogen (secondary N) is 1. The van der Waals surface area contributed by atoms with Gasteiger partial charge in [-0.3, -0.25) is 4.79 Å². The molecular formula is C13H17NO5S. The summed E-state index contributed by atoms with van der Waals surface area (Å²) < 4.78 is 32.0. The third-order valence-electron chi connectivity index (χ3n) is 3.10. The van der Waals surface area contributed by atoms with Gasteiger partial charge < -0.3 is 9.84 Å². The Bertz CT molecular complexity index is 590. The molecule has 6 nitrogen and oxygen atoms in total. The molecule has 0 unspecified atom stereocenters. The number of carboxylic acids is 1. The molecule has 7 heteroatoms. The number of hydrogen-bond donors (Lipinski definition) is 2. The molecule has 20 heavy (non-hydrogen) atoms. The van der Waals surface area contributed by atoms with Crippen LogP contribution in [0.3, 0.4) is 0 Å². The molecule has 0 atom stereocenters. The van der Waals surface area contributed by atoms with Crippen LogP contribution >= 0.6 is 0 Å². The Morgan fingerprint density at radius 2 is 1.95 bits per heavy atom. The molecule has 0 aromatic heterocycles. The first-order chi connectivity index (χ1) is 9.31. The van der Waals surface area contributed by atoms with Gasteiger partial charge in [0.2, 0.25) is 10.0 Å². The van der Waals surface area contributed by atoms with Gasteiger partial charge in [-0.1, -0.05) is 0 Å². The Balaban J connectivity index is 1.98. The molecule has 0 heterocycles. The van der Waals surface area contributed by atoms with Crippen molar-refractivity contribution >= 4 is 16.0 Å². The summed E-state index contributed by atoms with van der Waals surface area (Å²) in [5.41, 5.74) is -0.310. The second-order valence-corrected chi connectivity index (χ2v) is 6.81. The summed E-state index contributed by atoms with van der Waals surface area (Å²) in [7, 11) is -3.51. The van der Waals surface area contributed by atoms with E-state index < -0.39 is 16.0 Å². The zero-order valence-corrected chi connectivity index (χ0v) is 11.9. The molecule has 0 bridgehead atoms. The lowest BCUT2D eigenvalue weighted by atomic mass is 10.3. The fraction of sp³-hybridized carbons (Fsp3) is 0.462. The number of sulfonamides is 1.